The fraction of sp³-hybridized carbons (Fsp3) is 0.217. The number of benzene rings is 2. The summed E-state index contributed by atoms with van der Waals surface area (Å²) in [5, 5.41) is 7.76. The van der Waals surface area contributed by atoms with Crippen molar-refractivity contribution in [3.05, 3.63) is 64.3 Å². The molecule has 0 bridgehead atoms. The molecule has 1 aliphatic rings. The average molecular weight is 504 g/mol. The first-order valence-electron chi connectivity index (χ1n) is 10.1. The molecule has 0 aliphatic carbocycles. The van der Waals surface area contributed by atoms with Crippen molar-refractivity contribution >= 4 is 39.2 Å². The Labute approximate surface area is 201 Å². The van der Waals surface area contributed by atoms with E-state index in [1.807, 2.05) is 0 Å². The number of carbonyl (C=O) groups excluding carboxylic acids is 1. The van der Waals surface area contributed by atoms with Gasteiger partial charge in [0.25, 0.3) is 0 Å². The summed E-state index contributed by atoms with van der Waals surface area (Å²) in [6.07, 6.45) is 2.91. The van der Waals surface area contributed by atoms with E-state index in [-0.39, 0.29) is 11.5 Å². The van der Waals surface area contributed by atoms with E-state index in [1.165, 1.54) is 32.1 Å². The Morgan fingerprint density at radius 1 is 1.06 bits per heavy atom. The number of sulfone groups is 1. The Morgan fingerprint density at radius 2 is 1.71 bits per heavy atom. The summed E-state index contributed by atoms with van der Waals surface area (Å²) in [7, 11) is 1.20. The van der Waals surface area contributed by atoms with E-state index in [0.29, 0.717) is 50.6 Å². The number of rotatable bonds is 7. The first-order chi connectivity index (χ1) is 16.2. The third kappa shape index (κ3) is 4.73. The summed E-state index contributed by atoms with van der Waals surface area (Å²) in [6, 6.07) is 10.3. The highest BCUT2D eigenvalue weighted by atomic mass is 35.5. The van der Waals surface area contributed by atoms with Gasteiger partial charge in [-0.2, -0.15) is 5.10 Å². The predicted molar refractivity (Wildman–Crippen MR) is 129 cm³/mol. The minimum atomic E-state index is -3.31. The molecule has 9 nitrogen and oxygen atoms in total. The number of anilines is 1. The van der Waals surface area contributed by atoms with Gasteiger partial charge in [-0.1, -0.05) is 11.6 Å². The molecule has 0 atom stereocenters. The van der Waals surface area contributed by atoms with Crippen molar-refractivity contribution in [1.82, 2.24) is 9.78 Å². The lowest BCUT2D eigenvalue weighted by Gasteiger charge is -2.13. The van der Waals surface area contributed by atoms with Gasteiger partial charge in [0.05, 0.1) is 44.2 Å². The zero-order valence-electron chi connectivity index (χ0n) is 18.7. The van der Waals surface area contributed by atoms with E-state index in [9.17, 15) is 13.2 Å². The number of nitrogens with zero attached hydrogens (tertiary/aromatic N) is 2. The summed E-state index contributed by atoms with van der Waals surface area (Å²) in [5.74, 6) is 0.815. The molecule has 1 amide bonds. The van der Waals surface area contributed by atoms with Gasteiger partial charge in [0.15, 0.2) is 21.3 Å². The van der Waals surface area contributed by atoms with Crippen molar-refractivity contribution in [2.24, 2.45) is 0 Å². The van der Waals surface area contributed by atoms with Crippen LogP contribution in [0.5, 0.6) is 17.2 Å². The van der Waals surface area contributed by atoms with Gasteiger partial charge < -0.3 is 19.5 Å². The minimum Gasteiger partial charge on any atom is -0.493 e. The van der Waals surface area contributed by atoms with Crippen molar-refractivity contribution in [1.29, 1.82) is 0 Å². The van der Waals surface area contributed by atoms with Crippen LogP contribution in [0.25, 0.3) is 11.8 Å². The number of carbonyl (C=O) groups is 1. The van der Waals surface area contributed by atoms with E-state index >= 15 is 0 Å². The second kappa shape index (κ2) is 9.40. The Morgan fingerprint density at radius 3 is 2.29 bits per heavy atom. The molecule has 178 valence electrons. The number of fused-ring (bicyclic) bond motifs is 1. The zero-order chi connectivity index (χ0) is 24.5. The second-order valence-corrected chi connectivity index (χ2v) is 9.98. The summed E-state index contributed by atoms with van der Waals surface area (Å²) in [5.41, 5.74) is 2.17. The molecule has 2 aromatic carbocycles. The van der Waals surface area contributed by atoms with Gasteiger partial charge >= 0.3 is 0 Å². The third-order valence-electron chi connectivity index (χ3n) is 5.21. The van der Waals surface area contributed by atoms with Crippen LogP contribution in [0.1, 0.15) is 16.8 Å². The van der Waals surface area contributed by atoms with Crippen LogP contribution in [0.2, 0.25) is 5.02 Å². The number of amides is 1. The first kappa shape index (κ1) is 23.7. The van der Waals surface area contributed by atoms with Crippen LogP contribution in [-0.4, -0.2) is 45.4 Å². The molecule has 2 heterocycles. The molecule has 0 fully saturated rings. The van der Waals surface area contributed by atoms with Gasteiger partial charge in [0.1, 0.15) is 5.82 Å². The lowest BCUT2D eigenvalue weighted by molar-refractivity contribution is -0.111. The molecule has 0 unspecified atom stereocenters. The molecule has 0 saturated heterocycles. The molecule has 0 spiro atoms. The van der Waals surface area contributed by atoms with Crippen LogP contribution in [0.15, 0.2) is 42.5 Å². The van der Waals surface area contributed by atoms with Gasteiger partial charge in [-0.05, 0) is 48.0 Å². The Balaban J connectivity index is 1.65. The largest absolute Gasteiger partial charge is 0.493 e. The first-order valence-corrected chi connectivity index (χ1v) is 12.3. The van der Waals surface area contributed by atoms with Gasteiger partial charge in [0, 0.05) is 16.7 Å². The van der Waals surface area contributed by atoms with E-state index in [1.54, 1.807) is 42.5 Å². The van der Waals surface area contributed by atoms with Gasteiger partial charge in [-0.25, -0.2) is 13.1 Å². The normalized spacial score (nSPS) is 14.1. The molecule has 4 rings (SSSR count). The lowest BCUT2D eigenvalue weighted by atomic mass is 10.1. The zero-order valence-corrected chi connectivity index (χ0v) is 20.2. The van der Waals surface area contributed by atoms with E-state index < -0.39 is 15.7 Å². The van der Waals surface area contributed by atoms with Crippen LogP contribution in [0, 0.1) is 0 Å². The fourth-order valence-corrected chi connectivity index (χ4v) is 5.29. The van der Waals surface area contributed by atoms with Gasteiger partial charge in [-0.15, -0.1) is 0 Å². The third-order valence-corrected chi connectivity index (χ3v) is 6.91. The summed E-state index contributed by atoms with van der Waals surface area (Å²) in [6.45, 7) is 0. The number of hydrogen-bond donors (Lipinski definition) is 1. The van der Waals surface area contributed by atoms with Crippen molar-refractivity contribution in [2.45, 2.75) is 11.5 Å². The standard InChI is InChI=1S/C23H22ClN3O6S/c1-31-19-10-14(11-20(32-2)22(19)33-3)4-9-21(28)25-23-17-12-34(29,30)13-18(17)26-27(23)16-7-5-15(24)6-8-16/h4-11H,12-13H2,1-3H3,(H,25,28)/b9-4-. The highest BCUT2D eigenvalue weighted by molar-refractivity contribution is 7.90. The number of ether oxygens (including phenoxy) is 3. The Hall–Kier alpha value is -3.50. The number of aromatic nitrogens is 2. The highest BCUT2D eigenvalue weighted by Crippen LogP contribution is 2.38. The van der Waals surface area contributed by atoms with Crippen LogP contribution < -0.4 is 19.5 Å². The smallest absolute Gasteiger partial charge is 0.249 e. The van der Waals surface area contributed by atoms with Crippen molar-refractivity contribution in [3.8, 4) is 22.9 Å². The second-order valence-electron chi connectivity index (χ2n) is 7.48. The molecular formula is C23H22ClN3O6S. The molecule has 1 N–H and O–H groups in total. The minimum absolute atomic E-state index is 0.174. The van der Waals surface area contributed by atoms with Crippen LogP contribution in [0.4, 0.5) is 5.82 Å². The molecule has 1 aliphatic heterocycles. The average Bonchev–Trinajstić information content (AvgIpc) is 3.29. The Bertz CT molecular complexity index is 1360. The van der Waals surface area contributed by atoms with Crippen LogP contribution >= 0.6 is 11.6 Å². The summed E-state index contributed by atoms with van der Waals surface area (Å²) < 4.78 is 41.8. The fourth-order valence-electron chi connectivity index (χ4n) is 3.67. The number of methoxy groups -OCH3 is 3. The number of halogens is 1. The molecular weight excluding hydrogens is 482 g/mol. The van der Waals surface area contributed by atoms with Crippen molar-refractivity contribution in [2.75, 3.05) is 26.6 Å². The lowest BCUT2D eigenvalue weighted by Crippen LogP contribution is -2.14. The summed E-state index contributed by atoms with van der Waals surface area (Å²) in [4.78, 5) is 12.8. The van der Waals surface area contributed by atoms with E-state index in [4.69, 9.17) is 25.8 Å². The molecule has 0 radical (unpaired) electrons. The predicted octanol–water partition coefficient (Wildman–Crippen LogP) is 3.63. The van der Waals surface area contributed by atoms with Crippen LogP contribution in [0.3, 0.4) is 0 Å². The maximum absolute atomic E-state index is 12.8. The monoisotopic (exact) mass is 503 g/mol. The number of hydrogen-bond acceptors (Lipinski definition) is 7. The van der Waals surface area contributed by atoms with E-state index in [0.717, 1.165) is 0 Å². The SMILES string of the molecule is COc1cc(/C=C\C(=O)Nc2c3c(nn2-c2ccc(Cl)cc2)CS(=O)(=O)C3)cc(OC)c1OC. The molecule has 11 heteroatoms. The summed E-state index contributed by atoms with van der Waals surface area (Å²) >= 11 is 5.98. The molecule has 1 aromatic heterocycles. The van der Waals surface area contributed by atoms with E-state index in [2.05, 4.69) is 10.4 Å². The molecule has 34 heavy (non-hydrogen) atoms. The quantitative estimate of drug-likeness (QED) is 0.490. The number of nitrogens with one attached hydrogen (secondary N) is 1. The Kier molecular flexibility index (Phi) is 6.54. The van der Waals surface area contributed by atoms with Crippen molar-refractivity contribution in [3.63, 3.8) is 0 Å². The highest BCUT2D eigenvalue weighted by Gasteiger charge is 2.33. The van der Waals surface area contributed by atoms with Crippen LogP contribution in [-0.2, 0) is 26.1 Å². The molecule has 3 aromatic rings. The van der Waals surface area contributed by atoms with Crippen molar-refractivity contribution < 1.29 is 27.4 Å². The topological polar surface area (TPSA) is 109 Å². The maximum atomic E-state index is 12.8. The molecule has 0 saturated carbocycles. The van der Waals surface area contributed by atoms with Gasteiger partial charge in [-0.3, -0.25) is 4.79 Å². The van der Waals surface area contributed by atoms with Gasteiger partial charge in [0.2, 0.25) is 11.7 Å². The maximum Gasteiger partial charge on any atom is 0.249 e.